The van der Waals surface area contributed by atoms with Crippen molar-refractivity contribution >= 4 is 27.5 Å². The lowest BCUT2D eigenvalue weighted by Gasteiger charge is -2.34. The molecule has 1 saturated heterocycles. The number of piperazine rings is 1. The van der Waals surface area contributed by atoms with Gasteiger partial charge >= 0.3 is 0 Å². The van der Waals surface area contributed by atoms with E-state index in [1.165, 1.54) is 4.31 Å². The van der Waals surface area contributed by atoms with Gasteiger partial charge in [0.05, 0.1) is 11.5 Å². The topological polar surface area (TPSA) is 66.9 Å². The molecule has 0 unspecified atom stereocenters. The zero-order valence-corrected chi connectivity index (χ0v) is 20.7. The maximum atomic E-state index is 13.2. The normalized spacial score (nSPS) is 15.1. The van der Waals surface area contributed by atoms with Crippen molar-refractivity contribution in [1.82, 2.24) is 9.21 Å². The van der Waals surface area contributed by atoms with E-state index >= 15 is 0 Å². The first-order valence-corrected chi connectivity index (χ1v) is 12.7. The number of rotatable bonds is 7. The zero-order chi connectivity index (χ0) is 23.5. The molecule has 0 bridgehead atoms. The van der Waals surface area contributed by atoms with Gasteiger partial charge in [-0.15, -0.1) is 0 Å². The number of carbonyl (C=O) groups excluding carboxylic acids is 1. The molecule has 32 heavy (non-hydrogen) atoms. The molecule has 0 radical (unpaired) electrons. The van der Waals surface area contributed by atoms with Gasteiger partial charge in [0.15, 0.2) is 0 Å². The smallest absolute Gasteiger partial charge is 0.243 e. The third kappa shape index (κ3) is 5.63. The van der Waals surface area contributed by atoms with Crippen LogP contribution in [0.4, 0.5) is 0 Å². The number of amides is 1. The van der Waals surface area contributed by atoms with E-state index in [0.29, 0.717) is 55.5 Å². The molecule has 174 valence electrons. The minimum atomic E-state index is -3.58. The van der Waals surface area contributed by atoms with Gasteiger partial charge in [-0.05, 0) is 69.0 Å². The number of halogens is 1. The van der Waals surface area contributed by atoms with Crippen molar-refractivity contribution < 1.29 is 17.9 Å². The molecule has 0 N–H and O–H groups in total. The number of carbonyl (C=O) groups is 1. The highest BCUT2D eigenvalue weighted by Crippen LogP contribution is 2.26. The van der Waals surface area contributed by atoms with Gasteiger partial charge in [0, 0.05) is 37.6 Å². The van der Waals surface area contributed by atoms with Crippen molar-refractivity contribution in [3.05, 3.63) is 57.6 Å². The van der Waals surface area contributed by atoms with Crippen molar-refractivity contribution in [3.8, 4) is 5.75 Å². The van der Waals surface area contributed by atoms with Crippen LogP contribution in [-0.4, -0.2) is 56.3 Å². The molecule has 3 rings (SSSR count). The quantitative estimate of drug-likeness (QED) is 0.557. The number of hydrogen-bond acceptors (Lipinski definition) is 4. The van der Waals surface area contributed by atoms with E-state index in [1.54, 1.807) is 11.0 Å². The molecular weight excluding hydrogens is 448 g/mol. The summed E-state index contributed by atoms with van der Waals surface area (Å²) in [5.41, 5.74) is 3.52. The molecule has 1 aliphatic rings. The number of aryl methyl sites for hydroxylation is 4. The van der Waals surface area contributed by atoms with Crippen molar-refractivity contribution in [2.45, 2.75) is 45.4 Å². The van der Waals surface area contributed by atoms with Gasteiger partial charge in [0.25, 0.3) is 0 Å². The summed E-state index contributed by atoms with van der Waals surface area (Å²) >= 11 is 6.02. The van der Waals surface area contributed by atoms with E-state index in [0.717, 1.165) is 28.0 Å². The maximum Gasteiger partial charge on any atom is 0.243 e. The molecule has 1 fully saturated rings. The molecule has 1 amide bonds. The standard InChI is InChI=1S/C24H31ClN2O4S/c1-17-14-19(3)24(20(4)15-17)32(29,30)27-11-9-26(10-12-27)23(28)6-5-13-31-21-7-8-22(25)18(2)16-21/h7-8,14-16H,5-6,9-13H2,1-4H3. The van der Waals surface area contributed by atoms with Gasteiger partial charge in [-0.2, -0.15) is 4.31 Å². The summed E-state index contributed by atoms with van der Waals surface area (Å²) < 4.78 is 33.6. The van der Waals surface area contributed by atoms with Gasteiger partial charge in [-0.25, -0.2) is 8.42 Å². The van der Waals surface area contributed by atoms with Crippen molar-refractivity contribution in [2.75, 3.05) is 32.8 Å². The van der Waals surface area contributed by atoms with E-state index in [1.807, 2.05) is 52.0 Å². The SMILES string of the molecule is Cc1cc(C)c(S(=O)(=O)N2CCN(C(=O)CCCOc3ccc(Cl)c(C)c3)CC2)c(C)c1. The van der Waals surface area contributed by atoms with Crippen molar-refractivity contribution in [3.63, 3.8) is 0 Å². The average Bonchev–Trinajstić information content (AvgIpc) is 2.72. The van der Waals surface area contributed by atoms with E-state index in [-0.39, 0.29) is 5.91 Å². The van der Waals surface area contributed by atoms with Crippen molar-refractivity contribution in [1.29, 1.82) is 0 Å². The molecule has 0 spiro atoms. The first-order valence-electron chi connectivity index (χ1n) is 10.8. The van der Waals surface area contributed by atoms with E-state index < -0.39 is 10.0 Å². The lowest BCUT2D eigenvalue weighted by atomic mass is 10.1. The Morgan fingerprint density at radius 2 is 1.59 bits per heavy atom. The molecule has 8 heteroatoms. The molecule has 1 heterocycles. The monoisotopic (exact) mass is 478 g/mol. The van der Waals surface area contributed by atoms with Crippen molar-refractivity contribution in [2.24, 2.45) is 0 Å². The number of ether oxygens (including phenoxy) is 1. The van der Waals surface area contributed by atoms with Crippen LogP contribution >= 0.6 is 11.6 Å². The third-order valence-corrected chi connectivity index (χ3v) is 8.36. The number of benzene rings is 2. The molecule has 1 aliphatic heterocycles. The highest BCUT2D eigenvalue weighted by molar-refractivity contribution is 7.89. The molecule has 0 atom stereocenters. The molecule has 6 nitrogen and oxygen atoms in total. The number of sulfonamides is 1. The van der Waals surface area contributed by atoms with E-state index in [4.69, 9.17) is 16.3 Å². The van der Waals surface area contributed by atoms with E-state index in [2.05, 4.69) is 0 Å². The number of hydrogen-bond donors (Lipinski definition) is 0. The Labute approximate surface area is 196 Å². The van der Waals surface area contributed by atoms with E-state index in [9.17, 15) is 13.2 Å². The second-order valence-electron chi connectivity index (χ2n) is 8.38. The Balaban J connectivity index is 1.49. The fourth-order valence-electron chi connectivity index (χ4n) is 4.16. The minimum Gasteiger partial charge on any atom is -0.494 e. The summed E-state index contributed by atoms with van der Waals surface area (Å²) in [6.07, 6.45) is 0.969. The summed E-state index contributed by atoms with van der Waals surface area (Å²) in [6.45, 7) is 9.40. The molecule has 2 aromatic carbocycles. The zero-order valence-electron chi connectivity index (χ0n) is 19.2. The Hall–Kier alpha value is -2.09. The second-order valence-corrected chi connectivity index (χ2v) is 10.7. The first-order chi connectivity index (χ1) is 15.1. The van der Waals surface area contributed by atoms with Crippen LogP contribution in [0, 0.1) is 27.7 Å². The summed E-state index contributed by atoms with van der Waals surface area (Å²) in [6, 6.07) is 9.28. The highest BCUT2D eigenvalue weighted by Gasteiger charge is 2.32. The summed E-state index contributed by atoms with van der Waals surface area (Å²) in [5.74, 6) is 0.764. The fraction of sp³-hybridized carbons (Fsp3) is 0.458. The van der Waals surface area contributed by atoms with Crippen LogP contribution in [0.15, 0.2) is 35.2 Å². The van der Waals surface area contributed by atoms with Gasteiger partial charge in [0.1, 0.15) is 5.75 Å². The van der Waals surface area contributed by atoms with Crippen LogP contribution in [0.5, 0.6) is 5.75 Å². The molecular formula is C24H31ClN2O4S. The summed E-state index contributed by atoms with van der Waals surface area (Å²) in [5, 5.41) is 0.696. The van der Waals surface area contributed by atoms with Crippen LogP contribution in [-0.2, 0) is 14.8 Å². The van der Waals surface area contributed by atoms with Gasteiger partial charge in [0.2, 0.25) is 15.9 Å². The summed E-state index contributed by atoms with van der Waals surface area (Å²) in [4.78, 5) is 14.7. The Kier molecular flexibility index (Phi) is 7.85. The number of nitrogens with zero attached hydrogens (tertiary/aromatic N) is 2. The third-order valence-electron chi connectivity index (χ3n) is 5.73. The predicted octanol–water partition coefficient (Wildman–Crippen LogP) is 4.27. The molecule has 0 aromatic heterocycles. The highest BCUT2D eigenvalue weighted by atomic mass is 35.5. The second kappa shape index (κ2) is 10.2. The largest absolute Gasteiger partial charge is 0.494 e. The van der Waals surface area contributed by atoms with Crippen LogP contribution in [0.1, 0.15) is 35.1 Å². The summed E-state index contributed by atoms with van der Waals surface area (Å²) in [7, 11) is -3.58. The first kappa shape index (κ1) is 24.6. The molecule has 2 aromatic rings. The lowest BCUT2D eigenvalue weighted by molar-refractivity contribution is -0.132. The predicted molar refractivity (Wildman–Crippen MR) is 127 cm³/mol. The molecule has 0 saturated carbocycles. The van der Waals surface area contributed by atoms with Crippen LogP contribution in [0.25, 0.3) is 0 Å². The average molecular weight is 479 g/mol. The van der Waals surface area contributed by atoms with Crippen LogP contribution in [0.2, 0.25) is 5.02 Å². The van der Waals surface area contributed by atoms with Crippen LogP contribution < -0.4 is 4.74 Å². The Morgan fingerprint density at radius 1 is 0.969 bits per heavy atom. The molecule has 0 aliphatic carbocycles. The minimum absolute atomic E-state index is 0.0284. The van der Waals surface area contributed by atoms with Gasteiger partial charge < -0.3 is 9.64 Å². The fourth-order valence-corrected chi connectivity index (χ4v) is 6.11. The maximum absolute atomic E-state index is 13.2. The van der Waals surface area contributed by atoms with Gasteiger partial charge in [-0.3, -0.25) is 4.79 Å². The Morgan fingerprint density at radius 3 is 2.19 bits per heavy atom. The van der Waals surface area contributed by atoms with Crippen LogP contribution in [0.3, 0.4) is 0 Å². The lowest BCUT2D eigenvalue weighted by Crippen LogP contribution is -2.50. The van der Waals surface area contributed by atoms with Gasteiger partial charge in [-0.1, -0.05) is 29.3 Å². The Bertz CT molecular complexity index is 1070.